The summed E-state index contributed by atoms with van der Waals surface area (Å²) in [5.74, 6) is 0.119. The lowest BCUT2D eigenvalue weighted by Crippen LogP contribution is -2.40. The Kier molecular flexibility index (Phi) is 4.85. The highest BCUT2D eigenvalue weighted by molar-refractivity contribution is 6.01. The number of benzene rings is 2. The number of hydrogen-bond acceptors (Lipinski definition) is 3. The standard InChI is InChI=1S/C24H28N2O3/c1-23(2,3)29-22(28)25-14-12-24(17-25)13-15-26(21(24)27)20-11-7-10-19(16-20)18-8-5-4-6-9-18/h4-11,16H,12-15,17H2,1-3H3. The van der Waals surface area contributed by atoms with Crippen molar-refractivity contribution in [3.63, 3.8) is 0 Å². The second-order valence-corrected chi connectivity index (χ2v) is 9.06. The summed E-state index contributed by atoms with van der Waals surface area (Å²) in [6, 6.07) is 18.3. The van der Waals surface area contributed by atoms with Gasteiger partial charge in [-0.05, 0) is 56.9 Å². The summed E-state index contributed by atoms with van der Waals surface area (Å²) in [6.45, 7) is 7.27. The van der Waals surface area contributed by atoms with E-state index in [-0.39, 0.29) is 12.0 Å². The fraction of sp³-hybridized carbons (Fsp3) is 0.417. The van der Waals surface area contributed by atoms with E-state index in [4.69, 9.17) is 4.74 Å². The first-order chi connectivity index (χ1) is 13.8. The average Bonchev–Trinajstić information content (AvgIpc) is 3.27. The van der Waals surface area contributed by atoms with Crippen LogP contribution in [-0.2, 0) is 9.53 Å². The maximum atomic E-state index is 13.4. The minimum atomic E-state index is -0.531. The number of carbonyl (C=O) groups is 2. The number of likely N-dealkylation sites (tertiary alicyclic amines) is 1. The normalized spacial score (nSPS) is 21.8. The Labute approximate surface area is 172 Å². The zero-order valence-electron chi connectivity index (χ0n) is 17.4. The van der Waals surface area contributed by atoms with Crippen molar-refractivity contribution in [2.45, 2.75) is 39.2 Å². The molecule has 2 saturated heterocycles. The molecule has 2 aromatic carbocycles. The molecule has 0 N–H and O–H groups in total. The molecule has 2 aliphatic heterocycles. The molecule has 2 aliphatic rings. The Morgan fingerprint density at radius 3 is 2.38 bits per heavy atom. The lowest BCUT2D eigenvalue weighted by molar-refractivity contribution is -0.124. The summed E-state index contributed by atoms with van der Waals surface area (Å²) < 4.78 is 5.50. The van der Waals surface area contributed by atoms with Gasteiger partial charge in [-0.3, -0.25) is 4.79 Å². The zero-order valence-corrected chi connectivity index (χ0v) is 17.4. The maximum absolute atomic E-state index is 13.4. The Morgan fingerprint density at radius 2 is 1.66 bits per heavy atom. The van der Waals surface area contributed by atoms with Gasteiger partial charge in [-0.15, -0.1) is 0 Å². The molecule has 29 heavy (non-hydrogen) atoms. The topological polar surface area (TPSA) is 49.9 Å². The van der Waals surface area contributed by atoms with E-state index >= 15 is 0 Å². The smallest absolute Gasteiger partial charge is 0.410 e. The average molecular weight is 392 g/mol. The molecule has 5 nitrogen and oxygen atoms in total. The molecular weight excluding hydrogens is 364 g/mol. The molecular formula is C24H28N2O3. The van der Waals surface area contributed by atoms with Gasteiger partial charge >= 0.3 is 6.09 Å². The van der Waals surface area contributed by atoms with Gasteiger partial charge in [0, 0.05) is 25.3 Å². The predicted octanol–water partition coefficient (Wildman–Crippen LogP) is 4.72. The van der Waals surface area contributed by atoms with Gasteiger partial charge in [0.25, 0.3) is 0 Å². The van der Waals surface area contributed by atoms with Crippen molar-refractivity contribution in [3.05, 3.63) is 54.6 Å². The molecule has 2 heterocycles. The number of carbonyl (C=O) groups excluding carboxylic acids is 2. The molecule has 0 saturated carbocycles. The summed E-state index contributed by atoms with van der Waals surface area (Å²) in [6.07, 6.45) is 1.13. The number of hydrogen-bond donors (Lipinski definition) is 0. The van der Waals surface area contributed by atoms with Gasteiger partial charge in [-0.2, -0.15) is 0 Å². The van der Waals surface area contributed by atoms with E-state index in [0.717, 1.165) is 23.2 Å². The summed E-state index contributed by atoms with van der Waals surface area (Å²) >= 11 is 0. The molecule has 2 fully saturated rings. The monoisotopic (exact) mass is 392 g/mol. The molecule has 1 spiro atoms. The van der Waals surface area contributed by atoms with Gasteiger partial charge in [0.15, 0.2) is 0 Å². The first kappa shape index (κ1) is 19.5. The minimum Gasteiger partial charge on any atom is -0.444 e. The van der Waals surface area contributed by atoms with Crippen LogP contribution in [0.5, 0.6) is 0 Å². The number of amides is 2. The van der Waals surface area contributed by atoms with Gasteiger partial charge in [0.1, 0.15) is 5.60 Å². The van der Waals surface area contributed by atoms with E-state index in [2.05, 4.69) is 24.3 Å². The van der Waals surface area contributed by atoms with Crippen molar-refractivity contribution in [1.82, 2.24) is 4.90 Å². The molecule has 1 atom stereocenters. The van der Waals surface area contributed by atoms with Crippen LogP contribution in [0.3, 0.4) is 0 Å². The largest absolute Gasteiger partial charge is 0.444 e. The molecule has 2 amide bonds. The Bertz CT molecular complexity index is 919. The first-order valence-electron chi connectivity index (χ1n) is 10.2. The fourth-order valence-corrected chi connectivity index (χ4v) is 4.28. The minimum absolute atomic E-state index is 0.119. The van der Waals surface area contributed by atoms with Crippen LogP contribution in [0.1, 0.15) is 33.6 Å². The highest BCUT2D eigenvalue weighted by Crippen LogP contribution is 2.43. The lowest BCUT2D eigenvalue weighted by Gasteiger charge is -2.26. The highest BCUT2D eigenvalue weighted by atomic mass is 16.6. The predicted molar refractivity (Wildman–Crippen MR) is 114 cm³/mol. The Morgan fingerprint density at radius 1 is 0.966 bits per heavy atom. The SMILES string of the molecule is CC(C)(C)OC(=O)N1CCC2(CCN(c3cccc(-c4ccccc4)c3)C2=O)C1. The maximum Gasteiger partial charge on any atom is 0.410 e. The lowest BCUT2D eigenvalue weighted by atomic mass is 9.85. The van der Waals surface area contributed by atoms with Gasteiger partial charge in [-0.25, -0.2) is 4.79 Å². The number of rotatable bonds is 2. The van der Waals surface area contributed by atoms with Crippen molar-refractivity contribution >= 4 is 17.7 Å². The highest BCUT2D eigenvalue weighted by Gasteiger charge is 2.52. The number of anilines is 1. The third-order valence-corrected chi connectivity index (χ3v) is 5.78. The van der Waals surface area contributed by atoms with Crippen LogP contribution in [0.25, 0.3) is 11.1 Å². The summed E-state index contributed by atoms with van der Waals surface area (Å²) in [5, 5.41) is 0. The van der Waals surface area contributed by atoms with Crippen molar-refractivity contribution in [3.8, 4) is 11.1 Å². The van der Waals surface area contributed by atoms with E-state index in [1.807, 2.05) is 56.0 Å². The van der Waals surface area contributed by atoms with E-state index in [0.29, 0.717) is 26.1 Å². The summed E-state index contributed by atoms with van der Waals surface area (Å²) in [4.78, 5) is 29.4. The quantitative estimate of drug-likeness (QED) is 0.743. The first-order valence-corrected chi connectivity index (χ1v) is 10.2. The molecule has 0 bridgehead atoms. The van der Waals surface area contributed by atoms with Gasteiger partial charge in [0.2, 0.25) is 5.91 Å². The summed E-state index contributed by atoms with van der Waals surface area (Å²) in [7, 11) is 0. The van der Waals surface area contributed by atoms with Crippen LogP contribution in [0.4, 0.5) is 10.5 Å². The molecule has 5 heteroatoms. The van der Waals surface area contributed by atoms with Crippen molar-refractivity contribution in [2.24, 2.45) is 5.41 Å². The zero-order chi connectivity index (χ0) is 20.6. The molecule has 1 unspecified atom stereocenters. The second kappa shape index (κ2) is 7.21. The van der Waals surface area contributed by atoms with Gasteiger partial charge in [-0.1, -0.05) is 42.5 Å². The van der Waals surface area contributed by atoms with Crippen molar-refractivity contribution in [1.29, 1.82) is 0 Å². The van der Waals surface area contributed by atoms with Crippen LogP contribution in [0.2, 0.25) is 0 Å². The van der Waals surface area contributed by atoms with E-state index < -0.39 is 11.0 Å². The second-order valence-electron chi connectivity index (χ2n) is 9.06. The molecule has 0 radical (unpaired) electrons. The summed E-state index contributed by atoms with van der Waals surface area (Å²) in [5.41, 5.74) is 2.13. The van der Waals surface area contributed by atoms with Crippen LogP contribution in [-0.4, -0.2) is 42.1 Å². The third kappa shape index (κ3) is 3.86. The number of ether oxygens (including phenoxy) is 1. The van der Waals surface area contributed by atoms with Crippen molar-refractivity contribution < 1.29 is 14.3 Å². The molecule has 0 aliphatic carbocycles. The molecule has 0 aromatic heterocycles. The fourth-order valence-electron chi connectivity index (χ4n) is 4.28. The van der Waals surface area contributed by atoms with E-state index in [9.17, 15) is 9.59 Å². The molecule has 4 rings (SSSR count). The third-order valence-electron chi connectivity index (χ3n) is 5.78. The van der Waals surface area contributed by atoms with Crippen LogP contribution >= 0.6 is 0 Å². The van der Waals surface area contributed by atoms with E-state index in [1.165, 1.54) is 0 Å². The van der Waals surface area contributed by atoms with E-state index in [1.54, 1.807) is 4.90 Å². The van der Waals surface area contributed by atoms with Crippen LogP contribution < -0.4 is 4.90 Å². The van der Waals surface area contributed by atoms with Gasteiger partial charge in [0.05, 0.1) is 5.41 Å². The Balaban J connectivity index is 1.51. The van der Waals surface area contributed by atoms with Gasteiger partial charge < -0.3 is 14.5 Å². The molecule has 152 valence electrons. The van der Waals surface area contributed by atoms with Crippen LogP contribution in [0, 0.1) is 5.41 Å². The van der Waals surface area contributed by atoms with Crippen LogP contribution in [0.15, 0.2) is 54.6 Å². The Hall–Kier alpha value is -2.82. The number of nitrogens with zero attached hydrogens (tertiary/aromatic N) is 2. The molecule has 2 aromatic rings. The van der Waals surface area contributed by atoms with Crippen molar-refractivity contribution in [2.75, 3.05) is 24.5 Å².